The van der Waals surface area contributed by atoms with E-state index < -0.39 is 5.97 Å². The zero-order valence-electron chi connectivity index (χ0n) is 16.7. The van der Waals surface area contributed by atoms with Crippen LogP contribution in [0.5, 0.6) is 11.5 Å². The quantitative estimate of drug-likeness (QED) is 0.454. The number of esters is 1. The maximum Gasteiger partial charge on any atom is 0.348 e. The predicted molar refractivity (Wildman–Crippen MR) is 116 cm³/mol. The average Bonchev–Trinajstić information content (AvgIpc) is 3.28. The summed E-state index contributed by atoms with van der Waals surface area (Å²) in [5, 5.41) is 0. The SMILES string of the molecule is Cc1ccc2nc(COC(=O)c3ccc(-c4ccc5c(c4)OCCO5)s3)cc(=O)n2c1. The molecule has 0 saturated heterocycles. The zero-order valence-corrected chi connectivity index (χ0v) is 17.5. The number of aryl methyl sites for hydroxylation is 1. The largest absolute Gasteiger partial charge is 0.486 e. The van der Waals surface area contributed by atoms with Crippen LogP contribution in [0.3, 0.4) is 0 Å². The van der Waals surface area contributed by atoms with Gasteiger partial charge in [0.1, 0.15) is 30.3 Å². The number of carbonyl (C=O) groups excluding carboxylic acids is 1. The van der Waals surface area contributed by atoms with E-state index >= 15 is 0 Å². The topological polar surface area (TPSA) is 79.1 Å². The number of carbonyl (C=O) groups is 1. The van der Waals surface area contributed by atoms with Gasteiger partial charge in [-0.25, -0.2) is 9.78 Å². The van der Waals surface area contributed by atoms with Gasteiger partial charge in [0.25, 0.3) is 5.56 Å². The molecule has 0 unspecified atom stereocenters. The molecule has 0 amide bonds. The molecule has 0 aliphatic carbocycles. The van der Waals surface area contributed by atoms with Crippen molar-refractivity contribution in [2.75, 3.05) is 13.2 Å². The van der Waals surface area contributed by atoms with E-state index in [2.05, 4.69) is 4.98 Å². The number of hydrogen-bond acceptors (Lipinski definition) is 7. The molecule has 1 aliphatic heterocycles. The molecule has 4 aromatic rings. The third-order valence-corrected chi connectivity index (χ3v) is 5.96. The molecule has 1 aromatic carbocycles. The summed E-state index contributed by atoms with van der Waals surface area (Å²) in [7, 11) is 0. The van der Waals surface area contributed by atoms with Crippen LogP contribution in [0.2, 0.25) is 0 Å². The van der Waals surface area contributed by atoms with E-state index in [1.165, 1.54) is 21.8 Å². The highest BCUT2D eigenvalue weighted by Gasteiger charge is 2.16. The molecule has 3 aromatic heterocycles. The minimum absolute atomic E-state index is 0.0737. The highest BCUT2D eigenvalue weighted by atomic mass is 32.1. The average molecular weight is 434 g/mol. The summed E-state index contributed by atoms with van der Waals surface area (Å²) in [6, 6.07) is 14.3. The second-order valence-corrected chi connectivity index (χ2v) is 8.20. The molecule has 0 fully saturated rings. The number of thiophene rings is 1. The number of pyridine rings is 1. The van der Waals surface area contributed by atoms with Gasteiger partial charge in [-0.1, -0.05) is 6.07 Å². The summed E-state index contributed by atoms with van der Waals surface area (Å²) >= 11 is 1.33. The molecular weight excluding hydrogens is 416 g/mol. The van der Waals surface area contributed by atoms with Crippen LogP contribution in [-0.4, -0.2) is 28.6 Å². The monoisotopic (exact) mass is 434 g/mol. The van der Waals surface area contributed by atoms with Gasteiger partial charge in [0.2, 0.25) is 0 Å². The first kappa shape index (κ1) is 19.3. The molecule has 156 valence electrons. The molecule has 0 saturated carbocycles. The van der Waals surface area contributed by atoms with E-state index in [1.54, 1.807) is 18.3 Å². The number of nitrogens with zero attached hydrogens (tertiary/aromatic N) is 2. The summed E-state index contributed by atoms with van der Waals surface area (Å²) in [6.07, 6.45) is 1.73. The fraction of sp³-hybridized carbons (Fsp3) is 0.174. The first-order valence-corrected chi connectivity index (χ1v) is 10.5. The van der Waals surface area contributed by atoms with Gasteiger partial charge >= 0.3 is 5.97 Å². The maximum absolute atomic E-state index is 12.5. The Morgan fingerprint density at radius 1 is 1.10 bits per heavy atom. The van der Waals surface area contributed by atoms with E-state index in [1.807, 2.05) is 37.3 Å². The minimum atomic E-state index is -0.459. The minimum Gasteiger partial charge on any atom is -0.486 e. The lowest BCUT2D eigenvalue weighted by molar-refractivity contribution is 0.0473. The van der Waals surface area contributed by atoms with Gasteiger partial charge in [0.05, 0.1) is 5.69 Å². The normalized spacial score (nSPS) is 12.7. The molecule has 5 rings (SSSR count). The highest BCUT2D eigenvalue weighted by molar-refractivity contribution is 7.17. The van der Waals surface area contributed by atoms with Gasteiger partial charge in [0, 0.05) is 17.1 Å². The van der Waals surface area contributed by atoms with Crippen LogP contribution in [-0.2, 0) is 11.3 Å². The van der Waals surface area contributed by atoms with Crippen LogP contribution < -0.4 is 15.0 Å². The Bertz CT molecular complexity index is 1360. The molecule has 31 heavy (non-hydrogen) atoms. The smallest absolute Gasteiger partial charge is 0.348 e. The number of rotatable bonds is 4. The number of benzene rings is 1. The molecule has 4 heterocycles. The summed E-state index contributed by atoms with van der Waals surface area (Å²) in [5.74, 6) is 0.963. The third kappa shape index (κ3) is 3.89. The number of aromatic nitrogens is 2. The fourth-order valence-corrected chi connectivity index (χ4v) is 4.24. The predicted octanol–water partition coefficient (Wildman–Crippen LogP) is 3.86. The fourth-order valence-electron chi connectivity index (χ4n) is 3.34. The summed E-state index contributed by atoms with van der Waals surface area (Å²) in [5.41, 5.74) is 2.61. The molecule has 0 bridgehead atoms. The van der Waals surface area contributed by atoms with E-state index in [9.17, 15) is 9.59 Å². The number of ether oxygens (including phenoxy) is 3. The second-order valence-electron chi connectivity index (χ2n) is 7.12. The molecule has 0 atom stereocenters. The van der Waals surface area contributed by atoms with Crippen LogP contribution in [0.25, 0.3) is 16.1 Å². The Kier molecular flexibility index (Phi) is 4.91. The van der Waals surface area contributed by atoms with Crippen LogP contribution >= 0.6 is 11.3 Å². The zero-order chi connectivity index (χ0) is 21.4. The lowest BCUT2D eigenvalue weighted by Crippen LogP contribution is -2.16. The first-order valence-electron chi connectivity index (χ1n) is 9.73. The van der Waals surface area contributed by atoms with E-state index in [0.717, 1.165) is 21.8 Å². The highest BCUT2D eigenvalue weighted by Crippen LogP contribution is 2.37. The first-order chi connectivity index (χ1) is 15.1. The van der Waals surface area contributed by atoms with E-state index in [4.69, 9.17) is 14.2 Å². The van der Waals surface area contributed by atoms with Crippen molar-refractivity contribution in [2.24, 2.45) is 0 Å². The van der Waals surface area contributed by atoms with Gasteiger partial charge in [-0.05, 0) is 54.4 Å². The molecule has 0 radical (unpaired) electrons. The van der Waals surface area contributed by atoms with Gasteiger partial charge < -0.3 is 14.2 Å². The summed E-state index contributed by atoms with van der Waals surface area (Å²) < 4.78 is 18.0. The molecule has 0 spiro atoms. The van der Waals surface area contributed by atoms with Crippen molar-refractivity contribution in [1.82, 2.24) is 9.38 Å². The molecular formula is C23H18N2O5S. The molecule has 1 aliphatic rings. The molecule has 8 heteroatoms. The van der Waals surface area contributed by atoms with E-state index in [0.29, 0.717) is 35.2 Å². The Labute approximate surface area is 181 Å². The second kappa shape index (κ2) is 7.88. The molecule has 0 N–H and O–H groups in total. The Hall–Kier alpha value is -3.65. The van der Waals surface area contributed by atoms with E-state index in [-0.39, 0.29) is 12.2 Å². The van der Waals surface area contributed by atoms with Crippen molar-refractivity contribution in [3.05, 3.63) is 81.2 Å². The van der Waals surface area contributed by atoms with Crippen molar-refractivity contribution in [1.29, 1.82) is 0 Å². The van der Waals surface area contributed by atoms with Gasteiger partial charge in [-0.15, -0.1) is 11.3 Å². The molecule has 7 nitrogen and oxygen atoms in total. The van der Waals surface area contributed by atoms with Crippen molar-refractivity contribution in [3.8, 4) is 21.9 Å². The van der Waals surface area contributed by atoms with Crippen molar-refractivity contribution in [2.45, 2.75) is 13.5 Å². The summed E-state index contributed by atoms with van der Waals surface area (Å²) in [4.78, 5) is 30.6. The van der Waals surface area contributed by atoms with Crippen molar-refractivity contribution < 1.29 is 19.0 Å². The van der Waals surface area contributed by atoms with Crippen LogP contribution in [0.1, 0.15) is 20.9 Å². The van der Waals surface area contributed by atoms with Gasteiger partial charge in [-0.2, -0.15) is 0 Å². The number of fused-ring (bicyclic) bond motifs is 2. The Morgan fingerprint density at radius 3 is 2.81 bits per heavy atom. The lowest BCUT2D eigenvalue weighted by atomic mass is 10.1. The van der Waals surface area contributed by atoms with Crippen LogP contribution in [0, 0.1) is 6.92 Å². The van der Waals surface area contributed by atoms with Crippen LogP contribution in [0.4, 0.5) is 0 Å². The summed E-state index contributed by atoms with van der Waals surface area (Å²) in [6.45, 7) is 2.89. The van der Waals surface area contributed by atoms with Gasteiger partial charge in [-0.3, -0.25) is 9.20 Å². The van der Waals surface area contributed by atoms with Crippen molar-refractivity contribution in [3.63, 3.8) is 0 Å². The standard InChI is InChI=1S/C23H18N2O5S/c1-14-2-7-21-24-16(11-22(26)25(21)12-14)13-30-23(27)20-6-5-19(31-20)15-3-4-17-18(10-15)29-9-8-28-17/h2-7,10-12H,8-9,13H2,1H3. The Morgan fingerprint density at radius 2 is 1.94 bits per heavy atom. The number of hydrogen-bond donors (Lipinski definition) is 0. The van der Waals surface area contributed by atoms with Crippen molar-refractivity contribution >= 4 is 23.0 Å². The maximum atomic E-state index is 12.5. The Balaban J connectivity index is 1.31. The lowest BCUT2D eigenvalue weighted by Gasteiger charge is -2.18. The van der Waals surface area contributed by atoms with Crippen LogP contribution in [0.15, 0.2) is 59.5 Å². The third-order valence-electron chi connectivity index (χ3n) is 4.85. The van der Waals surface area contributed by atoms with Gasteiger partial charge in [0.15, 0.2) is 11.5 Å².